The minimum atomic E-state index is -0.533. The zero-order chi connectivity index (χ0) is 8.27. The van der Waals surface area contributed by atoms with E-state index in [4.69, 9.17) is 11.5 Å². The maximum atomic E-state index is 11.3. The van der Waals surface area contributed by atoms with Crippen LogP contribution in [0.3, 0.4) is 0 Å². The molecule has 5 nitrogen and oxygen atoms in total. The molecule has 0 aromatic rings. The highest BCUT2D eigenvalue weighted by atomic mass is 16.2. The zero-order valence-corrected chi connectivity index (χ0v) is 6.42. The Hall–Kier alpha value is -0.650. The number of nitrogens with zero attached hydrogens (tertiary/aromatic N) is 1. The van der Waals surface area contributed by atoms with E-state index in [0.717, 1.165) is 13.1 Å². The van der Waals surface area contributed by atoms with Crippen LogP contribution in [0.25, 0.3) is 0 Å². The quantitative estimate of drug-likeness (QED) is 0.420. The second-order valence-corrected chi connectivity index (χ2v) is 2.60. The van der Waals surface area contributed by atoms with E-state index in [2.05, 4.69) is 5.32 Å². The molecule has 1 atom stereocenters. The number of hydrogen-bond acceptors (Lipinski definition) is 4. The molecule has 5 heteroatoms. The standard InChI is InChI=1S/C6H14N4O/c7-3-5(8)6(11)10-2-1-9-4-10/h5,9H,1-4,7-8H2. The van der Waals surface area contributed by atoms with Gasteiger partial charge in [0.15, 0.2) is 0 Å². The van der Waals surface area contributed by atoms with E-state index >= 15 is 0 Å². The van der Waals surface area contributed by atoms with Crippen molar-refractivity contribution >= 4 is 5.91 Å². The third-order valence-electron chi connectivity index (χ3n) is 1.74. The number of carbonyl (C=O) groups excluding carboxylic acids is 1. The molecule has 1 amide bonds. The third kappa shape index (κ3) is 1.89. The van der Waals surface area contributed by atoms with Gasteiger partial charge in [-0.15, -0.1) is 0 Å². The fraction of sp³-hybridized carbons (Fsp3) is 0.833. The molecule has 0 aromatic carbocycles. The normalized spacial score (nSPS) is 20.4. The lowest BCUT2D eigenvalue weighted by atomic mass is 10.3. The van der Waals surface area contributed by atoms with E-state index in [0.29, 0.717) is 6.67 Å². The minimum absolute atomic E-state index is 0.0579. The van der Waals surface area contributed by atoms with E-state index in [9.17, 15) is 4.79 Å². The lowest BCUT2D eigenvalue weighted by Crippen LogP contribution is -2.47. The molecular weight excluding hydrogens is 144 g/mol. The van der Waals surface area contributed by atoms with Crippen molar-refractivity contribution in [2.24, 2.45) is 11.5 Å². The SMILES string of the molecule is NCC(N)C(=O)N1CCNC1. The molecule has 1 unspecified atom stereocenters. The number of nitrogens with two attached hydrogens (primary N) is 2. The minimum Gasteiger partial charge on any atom is -0.328 e. The third-order valence-corrected chi connectivity index (χ3v) is 1.74. The number of amides is 1. The molecule has 1 heterocycles. The Kier molecular flexibility index (Phi) is 2.81. The predicted molar refractivity (Wildman–Crippen MR) is 41.6 cm³/mol. The first-order valence-electron chi connectivity index (χ1n) is 3.71. The van der Waals surface area contributed by atoms with Gasteiger partial charge < -0.3 is 16.4 Å². The summed E-state index contributed by atoms with van der Waals surface area (Å²) < 4.78 is 0. The highest BCUT2D eigenvalue weighted by Crippen LogP contribution is 1.95. The van der Waals surface area contributed by atoms with Crippen LogP contribution in [0.15, 0.2) is 0 Å². The number of carbonyl (C=O) groups is 1. The molecule has 0 aliphatic carbocycles. The van der Waals surface area contributed by atoms with Crippen molar-refractivity contribution in [3.05, 3.63) is 0 Å². The lowest BCUT2D eigenvalue weighted by molar-refractivity contribution is -0.131. The Labute approximate surface area is 65.7 Å². The molecule has 1 fully saturated rings. The first-order valence-corrected chi connectivity index (χ1v) is 3.71. The Morgan fingerprint density at radius 3 is 2.91 bits per heavy atom. The van der Waals surface area contributed by atoms with Crippen molar-refractivity contribution in [2.45, 2.75) is 6.04 Å². The van der Waals surface area contributed by atoms with Gasteiger partial charge in [-0.2, -0.15) is 0 Å². The van der Waals surface area contributed by atoms with Crippen molar-refractivity contribution in [2.75, 3.05) is 26.3 Å². The van der Waals surface area contributed by atoms with Crippen LogP contribution >= 0.6 is 0 Å². The van der Waals surface area contributed by atoms with Crippen LogP contribution < -0.4 is 16.8 Å². The molecule has 1 rings (SSSR count). The molecule has 64 valence electrons. The Morgan fingerprint density at radius 2 is 2.45 bits per heavy atom. The average Bonchev–Trinajstić information content (AvgIpc) is 2.53. The summed E-state index contributed by atoms with van der Waals surface area (Å²) in [5, 5.41) is 3.04. The van der Waals surface area contributed by atoms with Gasteiger partial charge in [-0.1, -0.05) is 0 Å². The van der Waals surface area contributed by atoms with Crippen LogP contribution in [0.1, 0.15) is 0 Å². The first kappa shape index (κ1) is 8.45. The predicted octanol–water partition coefficient (Wildman–Crippen LogP) is -2.34. The van der Waals surface area contributed by atoms with Crippen LogP contribution in [0.5, 0.6) is 0 Å². The van der Waals surface area contributed by atoms with E-state index < -0.39 is 6.04 Å². The van der Waals surface area contributed by atoms with Gasteiger partial charge >= 0.3 is 0 Å². The summed E-state index contributed by atoms with van der Waals surface area (Å²) in [6, 6.07) is -0.533. The van der Waals surface area contributed by atoms with Crippen molar-refractivity contribution in [3.63, 3.8) is 0 Å². The topological polar surface area (TPSA) is 84.4 Å². The van der Waals surface area contributed by atoms with E-state index in [1.165, 1.54) is 0 Å². The molecule has 11 heavy (non-hydrogen) atoms. The molecule has 0 saturated carbocycles. The summed E-state index contributed by atoms with van der Waals surface area (Å²) in [5.74, 6) is -0.0579. The summed E-state index contributed by atoms with van der Waals surface area (Å²) in [6.07, 6.45) is 0. The lowest BCUT2D eigenvalue weighted by Gasteiger charge is -2.17. The van der Waals surface area contributed by atoms with Crippen LogP contribution in [0, 0.1) is 0 Å². The van der Waals surface area contributed by atoms with Gasteiger partial charge in [0.2, 0.25) is 5.91 Å². The maximum absolute atomic E-state index is 11.3. The molecule has 0 aromatic heterocycles. The Bertz CT molecular complexity index is 144. The van der Waals surface area contributed by atoms with E-state index in [1.54, 1.807) is 4.90 Å². The average molecular weight is 158 g/mol. The second kappa shape index (κ2) is 3.66. The maximum Gasteiger partial charge on any atom is 0.241 e. The number of hydrogen-bond donors (Lipinski definition) is 3. The number of nitrogens with one attached hydrogen (secondary N) is 1. The summed E-state index contributed by atoms with van der Waals surface area (Å²) in [5.41, 5.74) is 10.7. The fourth-order valence-corrected chi connectivity index (χ4v) is 1.03. The van der Waals surface area contributed by atoms with Crippen LogP contribution in [-0.2, 0) is 4.79 Å². The summed E-state index contributed by atoms with van der Waals surface area (Å²) in [6.45, 7) is 2.41. The highest BCUT2D eigenvalue weighted by molar-refractivity contribution is 5.82. The molecule has 0 bridgehead atoms. The molecule has 0 spiro atoms. The zero-order valence-electron chi connectivity index (χ0n) is 6.42. The molecule has 5 N–H and O–H groups in total. The van der Waals surface area contributed by atoms with Gasteiger partial charge in [-0.05, 0) is 0 Å². The Morgan fingerprint density at radius 1 is 1.73 bits per heavy atom. The van der Waals surface area contributed by atoms with Crippen molar-refractivity contribution in [1.29, 1.82) is 0 Å². The largest absolute Gasteiger partial charge is 0.328 e. The summed E-state index contributed by atoms with van der Waals surface area (Å²) in [7, 11) is 0. The van der Waals surface area contributed by atoms with Crippen LogP contribution in [0.2, 0.25) is 0 Å². The van der Waals surface area contributed by atoms with E-state index in [1.807, 2.05) is 0 Å². The molecule has 0 radical (unpaired) electrons. The molecule has 1 aliphatic rings. The first-order chi connectivity index (χ1) is 5.25. The summed E-state index contributed by atoms with van der Waals surface area (Å²) >= 11 is 0. The van der Waals surface area contributed by atoms with E-state index in [-0.39, 0.29) is 12.5 Å². The number of rotatable bonds is 2. The molecular formula is C6H14N4O. The van der Waals surface area contributed by atoms with Crippen molar-refractivity contribution < 1.29 is 4.79 Å². The monoisotopic (exact) mass is 158 g/mol. The summed E-state index contributed by atoms with van der Waals surface area (Å²) in [4.78, 5) is 12.9. The van der Waals surface area contributed by atoms with Crippen molar-refractivity contribution in [1.82, 2.24) is 10.2 Å². The van der Waals surface area contributed by atoms with Crippen molar-refractivity contribution in [3.8, 4) is 0 Å². The van der Waals surface area contributed by atoms with Gasteiger partial charge in [0.25, 0.3) is 0 Å². The van der Waals surface area contributed by atoms with Gasteiger partial charge in [0, 0.05) is 19.6 Å². The smallest absolute Gasteiger partial charge is 0.241 e. The van der Waals surface area contributed by atoms with Crippen LogP contribution in [-0.4, -0.2) is 43.2 Å². The van der Waals surface area contributed by atoms with Gasteiger partial charge in [-0.25, -0.2) is 0 Å². The highest BCUT2D eigenvalue weighted by Gasteiger charge is 2.21. The molecule has 1 saturated heterocycles. The van der Waals surface area contributed by atoms with Gasteiger partial charge in [0.05, 0.1) is 12.7 Å². The Balaban J connectivity index is 2.39. The second-order valence-electron chi connectivity index (χ2n) is 2.60. The van der Waals surface area contributed by atoms with Gasteiger partial charge in [0.1, 0.15) is 0 Å². The van der Waals surface area contributed by atoms with Gasteiger partial charge in [-0.3, -0.25) is 10.1 Å². The molecule has 1 aliphatic heterocycles. The van der Waals surface area contributed by atoms with Crippen LogP contribution in [0.4, 0.5) is 0 Å². The fourth-order valence-electron chi connectivity index (χ4n) is 1.03.